The summed E-state index contributed by atoms with van der Waals surface area (Å²) in [5.74, 6) is -0.415. The molecule has 3 rings (SSSR count). The summed E-state index contributed by atoms with van der Waals surface area (Å²) in [7, 11) is 0. The summed E-state index contributed by atoms with van der Waals surface area (Å²) in [4.78, 5) is 29.1. The molecule has 1 N–H and O–H groups in total. The second kappa shape index (κ2) is 14.0. The third kappa shape index (κ3) is 9.30. The summed E-state index contributed by atoms with van der Waals surface area (Å²) in [5, 5.41) is 4.25. The predicted molar refractivity (Wildman–Crippen MR) is 140 cm³/mol. The lowest BCUT2D eigenvalue weighted by Crippen LogP contribution is -2.40. The SMILES string of the molecule is CC(C)CC(NCCC(=O)OCc1cncn1Cc1cc(Cl)cc(Cl)c1)C(=O)OCc1ccccc1. The topological polar surface area (TPSA) is 82.5 Å². The van der Waals surface area contributed by atoms with Crippen molar-refractivity contribution in [3.8, 4) is 0 Å². The molecule has 0 bridgehead atoms. The van der Waals surface area contributed by atoms with Crippen molar-refractivity contribution >= 4 is 35.1 Å². The van der Waals surface area contributed by atoms with Gasteiger partial charge in [0.25, 0.3) is 0 Å². The number of esters is 2. The normalized spacial score (nSPS) is 11.9. The molecule has 1 heterocycles. The van der Waals surface area contributed by atoms with Gasteiger partial charge >= 0.3 is 11.9 Å². The summed E-state index contributed by atoms with van der Waals surface area (Å²) in [6.07, 6.45) is 4.05. The van der Waals surface area contributed by atoms with Crippen molar-refractivity contribution in [2.24, 2.45) is 5.92 Å². The number of carbonyl (C=O) groups is 2. The molecule has 1 aromatic heterocycles. The molecule has 0 saturated heterocycles. The van der Waals surface area contributed by atoms with E-state index in [2.05, 4.69) is 10.3 Å². The van der Waals surface area contributed by atoms with Crippen LogP contribution in [0.3, 0.4) is 0 Å². The summed E-state index contributed by atoms with van der Waals surface area (Å²) < 4.78 is 12.8. The van der Waals surface area contributed by atoms with E-state index in [0.717, 1.165) is 16.8 Å². The first kappa shape index (κ1) is 27.7. The molecule has 0 radical (unpaired) electrons. The Morgan fingerprint density at radius 3 is 2.42 bits per heavy atom. The first-order valence-corrected chi connectivity index (χ1v) is 12.6. The van der Waals surface area contributed by atoms with Gasteiger partial charge in [0.2, 0.25) is 0 Å². The highest BCUT2D eigenvalue weighted by Crippen LogP contribution is 2.20. The van der Waals surface area contributed by atoms with Crippen LogP contribution in [0.25, 0.3) is 0 Å². The minimum atomic E-state index is -0.493. The zero-order valence-electron chi connectivity index (χ0n) is 20.5. The number of nitrogens with one attached hydrogen (secondary N) is 1. The van der Waals surface area contributed by atoms with Crippen molar-refractivity contribution in [3.05, 3.63) is 87.9 Å². The largest absolute Gasteiger partial charge is 0.460 e. The summed E-state index contributed by atoms with van der Waals surface area (Å²) in [5.41, 5.74) is 2.59. The number of carbonyl (C=O) groups excluding carboxylic acids is 2. The van der Waals surface area contributed by atoms with Crippen LogP contribution < -0.4 is 5.32 Å². The molecule has 0 aliphatic heterocycles. The van der Waals surface area contributed by atoms with E-state index in [-0.39, 0.29) is 37.5 Å². The van der Waals surface area contributed by atoms with Crippen LogP contribution in [0.2, 0.25) is 10.0 Å². The van der Waals surface area contributed by atoms with Gasteiger partial charge in [0.05, 0.1) is 24.6 Å². The monoisotopic (exact) mass is 531 g/mol. The van der Waals surface area contributed by atoms with Crippen LogP contribution in [0, 0.1) is 5.92 Å². The van der Waals surface area contributed by atoms with Crippen molar-refractivity contribution < 1.29 is 19.1 Å². The van der Waals surface area contributed by atoms with E-state index < -0.39 is 6.04 Å². The maximum Gasteiger partial charge on any atom is 0.323 e. The number of benzene rings is 2. The molecule has 0 aliphatic rings. The number of aromatic nitrogens is 2. The maximum absolute atomic E-state index is 12.6. The second-order valence-electron chi connectivity index (χ2n) is 8.93. The molecule has 1 atom stereocenters. The molecule has 36 heavy (non-hydrogen) atoms. The van der Waals surface area contributed by atoms with Crippen LogP contribution in [-0.2, 0) is 38.8 Å². The lowest BCUT2D eigenvalue weighted by atomic mass is 10.0. The van der Waals surface area contributed by atoms with E-state index in [4.69, 9.17) is 32.7 Å². The Kier molecular flexibility index (Phi) is 10.8. The quantitative estimate of drug-likeness (QED) is 0.296. The Morgan fingerprint density at radius 1 is 1.00 bits per heavy atom. The fraction of sp³-hybridized carbons (Fsp3) is 0.370. The van der Waals surface area contributed by atoms with Gasteiger partial charge in [-0.3, -0.25) is 9.59 Å². The van der Waals surface area contributed by atoms with E-state index in [0.29, 0.717) is 29.6 Å². The third-order valence-corrected chi connectivity index (χ3v) is 5.83. The number of rotatable bonds is 13. The Morgan fingerprint density at radius 2 is 1.72 bits per heavy atom. The van der Waals surface area contributed by atoms with Gasteiger partial charge in [-0.15, -0.1) is 0 Å². The molecule has 0 fully saturated rings. The maximum atomic E-state index is 12.6. The van der Waals surface area contributed by atoms with Gasteiger partial charge in [0.1, 0.15) is 19.3 Å². The van der Waals surface area contributed by atoms with Crippen LogP contribution in [-0.4, -0.2) is 34.1 Å². The lowest BCUT2D eigenvalue weighted by molar-refractivity contribution is -0.149. The summed E-state index contributed by atoms with van der Waals surface area (Å²) in [6, 6.07) is 14.4. The van der Waals surface area contributed by atoms with E-state index in [1.54, 1.807) is 18.6 Å². The van der Waals surface area contributed by atoms with E-state index >= 15 is 0 Å². The van der Waals surface area contributed by atoms with Gasteiger partial charge in [-0.2, -0.15) is 0 Å². The van der Waals surface area contributed by atoms with Gasteiger partial charge in [-0.1, -0.05) is 67.4 Å². The Bertz CT molecular complexity index is 1110. The fourth-order valence-corrected chi connectivity index (χ4v) is 4.22. The van der Waals surface area contributed by atoms with Crippen molar-refractivity contribution in [2.75, 3.05) is 6.54 Å². The number of hydrogen-bond donors (Lipinski definition) is 1. The highest BCUT2D eigenvalue weighted by atomic mass is 35.5. The number of halogens is 2. The van der Waals surface area contributed by atoms with Gasteiger partial charge < -0.3 is 19.4 Å². The third-order valence-electron chi connectivity index (χ3n) is 5.39. The molecule has 2 aromatic carbocycles. The summed E-state index contributed by atoms with van der Waals surface area (Å²) in [6.45, 7) is 5.17. The first-order valence-electron chi connectivity index (χ1n) is 11.8. The molecular weight excluding hydrogens is 501 g/mol. The standard InChI is InChI=1S/C27H31Cl2N3O4/c1-19(2)10-25(27(34)36-16-20-6-4-3-5-7-20)31-9-8-26(33)35-17-24-14-30-18-32(24)15-21-11-22(28)13-23(29)12-21/h3-7,11-14,18-19,25,31H,8-10,15-17H2,1-2H3. The average molecular weight is 532 g/mol. The van der Waals surface area contributed by atoms with E-state index in [1.165, 1.54) is 0 Å². The molecule has 0 spiro atoms. The molecule has 9 heteroatoms. The highest BCUT2D eigenvalue weighted by Gasteiger charge is 2.21. The number of nitrogens with zero attached hydrogens (tertiary/aromatic N) is 2. The lowest BCUT2D eigenvalue weighted by Gasteiger charge is -2.19. The van der Waals surface area contributed by atoms with Crippen LogP contribution in [0.5, 0.6) is 0 Å². The van der Waals surface area contributed by atoms with Crippen LogP contribution >= 0.6 is 23.2 Å². The number of imidazole rings is 1. The molecular formula is C27H31Cl2N3O4. The van der Waals surface area contributed by atoms with Crippen molar-refractivity contribution in [1.82, 2.24) is 14.9 Å². The Labute approximate surface area is 221 Å². The number of ether oxygens (including phenoxy) is 2. The Hall–Kier alpha value is -2.87. The smallest absolute Gasteiger partial charge is 0.323 e. The molecule has 7 nitrogen and oxygen atoms in total. The average Bonchev–Trinajstić information content (AvgIpc) is 3.27. The minimum absolute atomic E-state index is 0.0850. The molecule has 3 aromatic rings. The molecule has 0 aliphatic carbocycles. The van der Waals surface area contributed by atoms with E-state index in [1.807, 2.05) is 60.9 Å². The summed E-state index contributed by atoms with van der Waals surface area (Å²) >= 11 is 12.2. The first-order chi connectivity index (χ1) is 17.3. The molecule has 0 amide bonds. The predicted octanol–water partition coefficient (Wildman–Crippen LogP) is 5.42. The van der Waals surface area contributed by atoms with Crippen molar-refractivity contribution in [3.63, 3.8) is 0 Å². The van der Waals surface area contributed by atoms with Crippen LogP contribution in [0.1, 0.15) is 43.5 Å². The molecule has 0 saturated carbocycles. The van der Waals surface area contributed by atoms with Crippen molar-refractivity contribution in [2.45, 2.75) is 52.5 Å². The van der Waals surface area contributed by atoms with Gasteiger partial charge in [-0.25, -0.2) is 4.98 Å². The van der Waals surface area contributed by atoms with Crippen molar-refractivity contribution in [1.29, 1.82) is 0 Å². The number of hydrogen-bond acceptors (Lipinski definition) is 6. The van der Waals surface area contributed by atoms with E-state index in [9.17, 15) is 9.59 Å². The Balaban J connectivity index is 1.45. The van der Waals surface area contributed by atoms with Crippen LogP contribution in [0.4, 0.5) is 0 Å². The van der Waals surface area contributed by atoms with Crippen LogP contribution in [0.15, 0.2) is 61.1 Å². The van der Waals surface area contributed by atoms with Gasteiger partial charge in [0.15, 0.2) is 0 Å². The fourth-order valence-electron chi connectivity index (χ4n) is 3.65. The van der Waals surface area contributed by atoms with Gasteiger partial charge in [-0.05, 0) is 41.7 Å². The zero-order chi connectivity index (χ0) is 25.9. The van der Waals surface area contributed by atoms with Gasteiger partial charge in [0, 0.05) is 23.1 Å². The zero-order valence-corrected chi connectivity index (χ0v) is 22.0. The minimum Gasteiger partial charge on any atom is -0.460 e. The molecule has 1 unspecified atom stereocenters. The highest BCUT2D eigenvalue weighted by molar-refractivity contribution is 6.34. The second-order valence-corrected chi connectivity index (χ2v) is 9.80. The molecule has 192 valence electrons.